The van der Waals surface area contributed by atoms with E-state index in [0.29, 0.717) is 62.5 Å². The summed E-state index contributed by atoms with van der Waals surface area (Å²) < 4.78 is 36.6. The molecule has 69 heavy (non-hydrogen) atoms. The molecule has 0 spiro atoms. The van der Waals surface area contributed by atoms with Crippen LogP contribution in [0.25, 0.3) is 10.8 Å². The summed E-state index contributed by atoms with van der Waals surface area (Å²) in [5, 5.41) is 26.0. The molecule has 4 aliphatic rings. The van der Waals surface area contributed by atoms with E-state index in [-0.39, 0.29) is 68.0 Å². The molecule has 1 unspecified atom stereocenters. The molecule has 1 aliphatic carbocycles. The van der Waals surface area contributed by atoms with Crippen LogP contribution in [0.1, 0.15) is 123 Å². The quantitative estimate of drug-likeness (QED) is 0.103. The summed E-state index contributed by atoms with van der Waals surface area (Å²) in [4.78, 5) is 71.8. The van der Waals surface area contributed by atoms with Gasteiger partial charge in [-0.05, 0) is 112 Å². The van der Waals surface area contributed by atoms with E-state index in [2.05, 4.69) is 6.92 Å². The smallest absolute Gasteiger partial charge is 0.329 e. The van der Waals surface area contributed by atoms with Crippen molar-refractivity contribution >= 4 is 40.0 Å². The Labute approximate surface area is 408 Å². The molecule has 3 fully saturated rings. The van der Waals surface area contributed by atoms with E-state index in [9.17, 15) is 34.2 Å². The van der Waals surface area contributed by atoms with Crippen LogP contribution >= 0.6 is 0 Å². The lowest BCUT2D eigenvalue weighted by molar-refractivity contribution is -0.302. The van der Waals surface area contributed by atoms with Gasteiger partial charge in [-0.15, -0.1) is 0 Å². The first-order valence-corrected chi connectivity index (χ1v) is 25.2. The zero-order chi connectivity index (χ0) is 50.2. The molecule has 2 N–H and O–H groups in total. The predicted molar refractivity (Wildman–Crippen MR) is 260 cm³/mol. The number of esters is 1. The zero-order valence-electron chi connectivity index (χ0n) is 42.2. The van der Waals surface area contributed by atoms with Crippen LogP contribution in [0, 0.1) is 29.6 Å². The number of aliphatic hydroxyl groups is 2. The minimum atomic E-state index is -2.52. The molecule has 1 amide bonds. The van der Waals surface area contributed by atoms with Crippen molar-refractivity contribution in [1.29, 1.82) is 0 Å². The summed E-state index contributed by atoms with van der Waals surface area (Å²) in [6, 6.07) is 12.3. The SMILES string of the molecule is CC[C@@H]1/C=C(\C)C[C@H](C)C[C@H](OC)[C@H]2O[C@@](O)(C(=O)C(=O)N3CCCC[C@H]3C(=O)O[C@H](/C(C)=C/C3CC[C@@H](OCC(=O)c4ccc5ccccc5c4)[C@H](OC)C3)[C@H](C)[C@H](O)CC1=O)[C@H](C)C[C@@H]2OC. The zero-order valence-corrected chi connectivity index (χ0v) is 42.2. The molecule has 6 rings (SSSR count). The van der Waals surface area contributed by atoms with Gasteiger partial charge in [-0.3, -0.25) is 19.2 Å². The number of amides is 1. The Morgan fingerprint density at radius 3 is 2.26 bits per heavy atom. The Kier molecular flexibility index (Phi) is 19.1. The van der Waals surface area contributed by atoms with Gasteiger partial charge in [0.05, 0.1) is 30.5 Å². The van der Waals surface area contributed by atoms with E-state index < -0.39 is 77.8 Å². The third-order valence-corrected chi connectivity index (χ3v) is 15.4. The fourth-order valence-electron chi connectivity index (χ4n) is 11.2. The van der Waals surface area contributed by atoms with Gasteiger partial charge in [0.15, 0.2) is 5.78 Å². The van der Waals surface area contributed by atoms with E-state index in [0.717, 1.165) is 16.3 Å². The second kappa shape index (κ2) is 24.3. The van der Waals surface area contributed by atoms with Crippen molar-refractivity contribution in [3.63, 3.8) is 0 Å². The Bertz CT molecular complexity index is 2190. The molecule has 0 radical (unpaired) electrons. The topological polar surface area (TPSA) is 184 Å². The van der Waals surface area contributed by atoms with Crippen LogP contribution < -0.4 is 0 Å². The number of ketones is 3. The number of hydrogen-bond acceptors (Lipinski definition) is 13. The standard InChI is InChI=1S/C55H77NO13/c1-10-38-24-32(2)23-33(3)25-48(65-8)51-49(66-9)27-35(5)55(63,69-51)52(60)53(61)56-22-14-13-17-42(56)54(62)68-50(36(6)43(57)30-44(38)58)34(4)26-37-18-21-46(47(28-37)64-7)67-31-45(59)41-20-19-39-15-11-12-16-40(39)29-41/h11-12,15-16,19-20,24,26,29,33,35-38,42-43,46-51,57,63H,10,13-14,17-18,21-23,25,27-28,30-31H2,1-9H3/b32-24+,34-26+/t33-,35+,36+,37?,38+,42-,43+,46+,47+,48-,49-,50+,51+,55+/m0/s1. The highest BCUT2D eigenvalue weighted by Crippen LogP contribution is 2.39. The molecule has 14 heteroatoms. The minimum Gasteiger partial charge on any atom is -0.456 e. The van der Waals surface area contributed by atoms with Gasteiger partial charge < -0.3 is 43.5 Å². The highest BCUT2D eigenvalue weighted by molar-refractivity contribution is 6.39. The van der Waals surface area contributed by atoms with Crippen LogP contribution in [0.15, 0.2) is 65.8 Å². The molecule has 3 aliphatic heterocycles. The molecule has 2 aromatic rings. The lowest BCUT2D eigenvalue weighted by Crippen LogP contribution is -2.64. The molecule has 2 bridgehead atoms. The number of Topliss-reactive ketones (excluding diaryl/α,β-unsaturated/α-hetero) is 3. The average molecular weight is 960 g/mol. The third kappa shape index (κ3) is 12.9. The van der Waals surface area contributed by atoms with Gasteiger partial charge in [0.25, 0.3) is 11.7 Å². The van der Waals surface area contributed by atoms with Gasteiger partial charge in [-0.2, -0.15) is 0 Å². The summed E-state index contributed by atoms with van der Waals surface area (Å²) in [5.41, 5.74) is 2.21. The Balaban J connectivity index is 1.26. The number of carbonyl (C=O) groups is 5. The molecular formula is C55H77NO13. The van der Waals surface area contributed by atoms with Crippen molar-refractivity contribution in [2.75, 3.05) is 34.5 Å². The van der Waals surface area contributed by atoms with Crippen LogP contribution in [0.2, 0.25) is 0 Å². The summed E-state index contributed by atoms with van der Waals surface area (Å²) >= 11 is 0. The maximum atomic E-state index is 14.6. The van der Waals surface area contributed by atoms with Gasteiger partial charge >= 0.3 is 5.97 Å². The maximum absolute atomic E-state index is 14.6. The van der Waals surface area contributed by atoms with Crippen LogP contribution in [0.5, 0.6) is 0 Å². The number of aliphatic hydroxyl groups excluding tert-OH is 1. The number of carbonyl (C=O) groups excluding carboxylic acids is 5. The van der Waals surface area contributed by atoms with Crippen LogP contribution in [-0.4, -0.2) is 133 Å². The van der Waals surface area contributed by atoms with Gasteiger partial charge in [0.1, 0.15) is 30.6 Å². The summed E-state index contributed by atoms with van der Waals surface area (Å²) in [7, 11) is 4.68. The molecule has 14 atom stereocenters. The number of rotatable bonds is 10. The molecular weight excluding hydrogens is 883 g/mol. The number of hydrogen-bond donors (Lipinski definition) is 2. The molecule has 3 heterocycles. The highest BCUT2D eigenvalue weighted by Gasteiger charge is 2.56. The summed E-state index contributed by atoms with van der Waals surface area (Å²) in [6.07, 6.45) is 3.79. The molecule has 2 aromatic carbocycles. The highest BCUT2D eigenvalue weighted by atomic mass is 16.7. The Morgan fingerprint density at radius 2 is 1.57 bits per heavy atom. The fraction of sp³-hybridized carbons (Fsp3) is 0.655. The predicted octanol–water partition coefficient (Wildman–Crippen LogP) is 7.53. The van der Waals surface area contributed by atoms with E-state index in [4.69, 9.17) is 28.4 Å². The van der Waals surface area contributed by atoms with Crippen molar-refractivity contribution in [2.24, 2.45) is 29.6 Å². The van der Waals surface area contributed by atoms with Crippen LogP contribution in [0.4, 0.5) is 0 Å². The number of piperidine rings is 1. The fourth-order valence-corrected chi connectivity index (χ4v) is 11.2. The van der Waals surface area contributed by atoms with Crippen molar-refractivity contribution in [3.8, 4) is 0 Å². The number of nitrogens with zero attached hydrogens (tertiary/aromatic N) is 1. The largest absolute Gasteiger partial charge is 0.456 e. The van der Waals surface area contributed by atoms with Crippen molar-refractivity contribution in [1.82, 2.24) is 4.90 Å². The number of cyclic esters (lactones) is 1. The first kappa shape index (κ1) is 54.2. The maximum Gasteiger partial charge on any atom is 0.329 e. The first-order valence-electron chi connectivity index (χ1n) is 25.2. The number of fused-ring (bicyclic) bond motifs is 4. The van der Waals surface area contributed by atoms with E-state index in [1.54, 1.807) is 21.0 Å². The average Bonchev–Trinajstić information content (AvgIpc) is 3.35. The number of allylic oxidation sites excluding steroid dienone is 3. The van der Waals surface area contributed by atoms with Crippen LogP contribution in [-0.2, 0) is 47.6 Å². The molecule has 380 valence electrons. The van der Waals surface area contributed by atoms with E-state index in [1.165, 1.54) is 19.1 Å². The van der Waals surface area contributed by atoms with Gasteiger partial charge in [0, 0.05) is 57.6 Å². The minimum absolute atomic E-state index is 0.0178. The summed E-state index contributed by atoms with van der Waals surface area (Å²) in [5.74, 6) is -7.85. The van der Waals surface area contributed by atoms with Crippen molar-refractivity contribution in [3.05, 3.63) is 71.3 Å². The summed E-state index contributed by atoms with van der Waals surface area (Å²) in [6.45, 7) is 11.2. The van der Waals surface area contributed by atoms with Gasteiger partial charge in [-0.25, -0.2) is 4.79 Å². The van der Waals surface area contributed by atoms with E-state index in [1.807, 2.05) is 75.4 Å². The number of ether oxygens (including phenoxy) is 6. The van der Waals surface area contributed by atoms with Crippen molar-refractivity contribution in [2.45, 2.75) is 167 Å². The lowest BCUT2D eigenvalue weighted by atomic mass is 9.81. The van der Waals surface area contributed by atoms with Gasteiger partial charge in [-0.1, -0.05) is 81.8 Å². The first-order chi connectivity index (χ1) is 32.9. The Hall–Kier alpha value is -4.15. The van der Waals surface area contributed by atoms with Crippen LogP contribution in [0.3, 0.4) is 0 Å². The number of benzene rings is 2. The normalized spacial score (nSPS) is 35.9. The monoisotopic (exact) mass is 960 g/mol. The number of methoxy groups -OCH3 is 3. The van der Waals surface area contributed by atoms with Crippen molar-refractivity contribution < 1.29 is 62.6 Å². The molecule has 2 saturated heterocycles. The third-order valence-electron chi connectivity index (χ3n) is 15.4. The lowest BCUT2D eigenvalue weighted by Gasteiger charge is -2.47. The Morgan fingerprint density at radius 1 is 0.870 bits per heavy atom. The van der Waals surface area contributed by atoms with E-state index >= 15 is 0 Å². The molecule has 0 aromatic heterocycles. The molecule has 1 saturated carbocycles. The molecule has 14 nitrogen and oxygen atoms in total. The van der Waals surface area contributed by atoms with Gasteiger partial charge in [0.2, 0.25) is 5.79 Å². The second-order valence-electron chi connectivity index (χ2n) is 20.4. The second-order valence-corrected chi connectivity index (χ2v) is 20.4.